The van der Waals surface area contributed by atoms with Crippen LogP contribution in [0.15, 0.2) is 43.0 Å². The van der Waals surface area contributed by atoms with Crippen LogP contribution in [0.25, 0.3) is 0 Å². The lowest BCUT2D eigenvalue weighted by Crippen LogP contribution is -1.95. The molecule has 0 aliphatic carbocycles. The maximum absolute atomic E-state index is 4.56. The third-order valence-corrected chi connectivity index (χ3v) is 4.01. The second-order valence-electron chi connectivity index (χ2n) is 4.39. The van der Waals surface area contributed by atoms with E-state index >= 15 is 0 Å². The number of aromatic amines is 1. The highest BCUT2D eigenvalue weighted by molar-refractivity contribution is 7.99. The Morgan fingerprint density at radius 2 is 2.11 bits per heavy atom. The lowest BCUT2D eigenvalue weighted by atomic mass is 10.1. The number of nitrogens with one attached hydrogen (secondary N) is 1. The first-order chi connectivity index (χ1) is 9.29. The molecule has 3 nitrogen and oxygen atoms in total. The molecule has 2 aromatic rings. The summed E-state index contributed by atoms with van der Waals surface area (Å²) >= 11 is 1.79. The molecule has 0 spiro atoms. The second kappa shape index (κ2) is 7.14. The summed E-state index contributed by atoms with van der Waals surface area (Å²) in [5.74, 6) is 2.77. The van der Waals surface area contributed by atoms with E-state index in [0.717, 1.165) is 30.2 Å². The Morgan fingerprint density at radius 1 is 1.32 bits per heavy atom. The smallest absolute Gasteiger partial charge is 0.163 e. The van der Waals surface area contributed by atoms with Crippen LogP contribution in [0.4, 0.5) is 0 Å². The Morgan fingerprint density at radius 3 is 2.84 bits per heavy atom. The second-order valence-corrected chi connectivity index (χ2v) is 5.76. The average molecular weight is 273 g/mol. The molecule has 4 heteroatoms. The van der Waals surface area contributed by atoms with Crippen molar-refractivity contribution in [1.29, 1.82) is 0 Å². The van der Waals surface area contributed by atoms with Gasteiger partial charge in [-0.2, -0.15) is 5.10 Å². The summed E-state index contributed by atoms with van der Waals surface area (Å²) in [6.07, 6.45) is 3.80. The van der Waals surface area contributed by atoms with Gasteiger partial charge in [-0.05, 0) is 18.9 Å². The van der Waals surface area contributed by atoms with Gasteiger partial charge >= 0.3 is 0 Å². The van der Waals surface area contributed by atoms with Crippen LogP contribution in [0, 0.1) is 0 Å². The molecular formula is C15H19N3S. The normalized spacial score (nSPS) is 12.3. The van der Waals surface area contributed by atoms with Crippen molar-refractivity contribution in [3.8, 4) is 0 Å². The molecule has 1 heterocycles. The van der Waals surface area contributed by atoms with Gasteiger partial charge < -0.3 is 0 Å². The third kappa shape index (κ3) is 4.24. The molecule has 1 aromatic heterocycles. The molecule has 0 amide bonds. The van der Waals surface area contributed by atoms with E-state index in [9.17, 15) is 0 Å². The molecule has 0 radical (unpaired) electrons. The van der Waals surface area contributed by atoms with Crippen molar-refractivity contribution in [3.05, 3.63) is 60.2 Å². The summed E-state index contributed by atoms with van der Waals surface area (Å²) in [7, 11) is 0. The van der Waals surface area contributed by atoms with Gasteiger partial charge in [0.25, 0.3) is 0 Å². The lowest BCUT2D eigenvalue weighted by Gasteiger charge is -2.03. The largest absolute Gasteiger partial charge is 0.263 e. The number of aryl methyl sites for hydroxylation is 2. The molecule has 1 unspecified atom stereocenters. The zero-order valence-corrected chi connectivity index (χ0v) is 12.0. The van der Waals surface area contributed by atoms with Crippen molar-refractivity contribution in [1.82, 2.24) is 15.2 Å². The highest BCUT2D eigenvalue weighted by Crippen LogP contribution is 2.25. The summed E-state index contributed by atoms with van der Waals surface area (Å²) in [4.78, 5) is 4.56. The van der Waals surface area contributed by atoms with Gasteiger partial charge in [0.1, 0.15) is 5.82 Å². The predicted molar refractivity (Wildman–Crippen MR) is 81.3 cm³/mol. The van der Waals surface area contributed by atoms with Crippen molar-refractivity contribution in [2.24, 2.45) is 0 Å². The SMILES string of the molecule is C=CCSC(C)c1n[nH]c(CCc2ccccc2)n1. The molecule has 2 rings (SSSR count). The number of hydrogen-bond acceptors (Lipinski definition) is 3. The quantitative estimate of drug-likeness (QED) is 0.784. The van der Waals surface area contributed by atoms with E-state index in [2.05, 4.69) is 52.9 Å². The molecule has 0 aliphatic rings. The molecule has 1 atom stereocenters. The minimum Gasteiger partial charge on any atom is -0.263 e. The fourth-order valence-corrected chi connectivity index (χ4v) is 2.48. The number of rotatable bonds is 7. The third-order valence-electron chi connectivity index (χ3n) is 2.87. The molecule has 1 aromatic carbocycles. The van der Waals surface area contributed by atoms with Gasteiger partial charge in [-0.3, -0.25) is 5.10 Å². The van der Waals surface area contributed by atoms with E-state index in [-0.39, 0.29) is 0 Å². The monoisotopic (exact) mass is 273 g/mol. The lowest BCUT2D eigenvalue weighted by molar-refractivity contribution is 0.865. The van der Waals surface area contributed by atoms with Gasteiger partial charge in [0.05, 0.1) is 5.25 Å². The highest BCUT2D eigenvalue weighted by Gasteiger charge is 2.11. The summed E-state index contributed by atoms with van der Waals surface area (Å²) in [6.45, 7) is 5.85. The van der Waals surface area contributed by atoms with Crippen molar-refractivity contribution in [3.63, 3.8) is 0 Å². The molecule has 100 valence electrons. The molecule has 0 aliphatic heterocycles. The zero-order valence-electron chi connectivity index (χ0n) is 11.2. The van der Waals surface area contributed by atoms with Crippen LogP contribution < -0.4 is 0 Å². The molecule has 19 heavy (non-hydrogen) atoms. The van der Waals surface area contributed by atoms with Gasteiger partial charge in [-0.25, -0.2) is 4.98 Å². The molecular weight excluding hydrogens is 254 g/mol. The predicted octanol–water partition coefficient (Wildman–Crippen LogP) is 3.57. The number of aromatic nitrogens is 3. The number of benzene rings is 1. The number of H-pyrrole nitrogens is 1. The van der Waals surface area contributed by atoms with Gasteiger partial charge in [0.2, 0.25) is 0 Å². The maximum Gasteiger partial charge on any atom is 0.163 e. The van der Waals surface area contributed by atoms with E-state index in [4.69, 9.17) is 0 Å². The first kappa shape index (κ1) is 13.9. The Balaban J connectivity index is 1.88. The van der Waals surface area contributed by atoms with Crippen molar-refractivity contribution in [2.75, 3.05) is 5.75 Å². The number of nitrogens with zero attached hydrogens (tertiary/aromatic N) is 2. The summed E-state index contributed by atoms with van der Waals surface area (Å²) in [5.41, 5.74) is 1.33. The van der Waals surface area contributed by atoms with Gasteiger partial charge in [0, 0.05) is 12.2 Å². The molecule has 0 bridgehead atoms. The van der Waals surface area contributed by atoms with Crippen molar-refractivity contribution >= 4 is 11.8 Å². The van der Waals surface area contributed by atoms with Crippen molar-refractivity contribution < 1.29 is 0 Å². The topological polar surface area (TPSA) is 41.6 Å². The van der Waals surface area contributed by atoms with Gasteiger partial charge in [-0.15, -0.1) is 18.3 Å². The van der Waals surface area contributed by atoms with Crippen LogP contribution in [-0.2, 0) is 12.8 Å². The van der Waals surface area contributed by atoms with E-state index < -0.39 is 0 Å². The minimum absolute atomic E-state index is 0.305. The summed E-state index contributed by atoms with van der Waals surface area (Å²) < 4.78 is 0. The summed E-state index contributed by atoms with van der Waals surface area (Å²) in [6, 6.07) is 10.4. The fourth-order valence-electron chi connectivity index (χ4n) is 1.80. The fraction of sp³-hybridized carbons (Fsp3) is 0.333. The highest BCUT2D eigenvalue weighted by atomic mass is 32.2. The van der Waals surface area contributed by atoms with Gasteiger partial charge in [-0.1, -0.05) is 36.4 Å². The van der Waals surface area contributed by atoms with Crippen LogP contribution in [0.5, 0.6) is 0 Å². The first-order valence-electron chi connectivity index (χ1n) is 6.47. The molecule has 0 saturated carbocycles. The van der Waals surface area contributed by atoms with Crippen LogP contribution in [-0.4, -0.2) is 20.9 Å². The standard InChI is InChI=1S/C15H19N3S/c1-3-11-19-12(2)15-16-14(17-18-15)10-9-13-7-5-4-6-8-13/h3-8,12H,1,9-11H2,2H3,(H,16,17,18). The maximum atomic E-state index is 4.56. The van der Waals surface area contributed by atoms with Crippen LogP contribution in [0.2, 0.25) is 0 Å². The molecule has 1 N–H and O–H groups in total. The van der Waals surface area contributed by atoms with Crippen LogP contribution in [0.3, 0.4) is 0 Å². The van der Waals surface area contributed by atoms with E-state index in [1.54, 1.807) is 11.8 Å². The molecule has 0 fully saturated rings. The van der Waals surface area contributed by atoms with Crippen LogP contribution in [0.1, 0.15) is 29.4 Å². The van der Waals surface area contributed by atoms with Gasteiger partial charge in [0.15, 0.2) is 5.82 Å². The Bertz CT molecular complexity index is 507. The van der Waals surface area contributed by atoms with Crippen LogP contribution >= 0.6 is 11.8 Å². The zero-order chi connectivity index (χ0) is 13.5. The van der Waals surface area contributed by atoms with Crippen molar-refractivity contribution in [2.45, 2.75) is 25.0 Å². The number of thioether (sulfide) groups is 1. The van der Waals surface area contributed by atoms with E-state index in [1.165, 1.54) is 5.56 Å². The average Bonchev–Trinajstić information content (AvgIpc) is 2.92. The Kier molecular flexibility index (Phi) is 5.21. The Hall–Kier alpha value is -1.55. The van der Waals surface area contributed by atoms with E-state index in [1.807, 2.05) is 12.1 Å². The Labute approximate surface area is 118 Å². The molecule has 0 saturated heterocycles. The summed E-state index contributed by atoms with van der Waals surface area (Å²) in [5, 5.41) is 7.63. The van der Waals surface area contributed by atoms with E-state index in [0.29, 0.717) is 5.25 Å². The number of hydrogen-bond donors (Lipinski definition) is 1. The first-order valence-corrected chi connectivity index (χ1v) is 7.52. The minimum atomic E-state index is 0.305.